The molecule has 31 heavy (non-hydrogen) atoms. The molecule has 4 aromatic rings. The smallest absolute Gasteiger partial charge is 0.229 e. The highest BCUT2D eigenvalue weighted by molar-refractivity contribution is 7.17. The summed E-state index contributed by atoms with van der Waals surface area (Å²) in [6.07, 6.45) is 0. The van der Waals surface area contributed by atoms with Crippen LogP contribution >= 0.6 is 11.3 Å². The van der Waals surface area contributed by atoms with Gasteiger partial charge in [-0.1, -0.05) is 0 Å². The van der Waals surface area contributed by atoms with Crippen molar-refractivity contribution in [2.45, 2.75) is 0 Å². The molecule has 0 unspecified atom stereocenters. The molecule has 2 aromatic carbocycles. The van der Waals surface area contributed by atoms with Gasteiger partial charge in [-0.25, -0.2) is 4.98 Å². The van der Waals surface area contributed by atoms with E-state index in [4.69, 9.17) is 23.9 Å². The molecule has 0 aliphatic carbocycles. The SMILES string of the molecule is c1cc2nc(Nc3ccc4c(c3)OCCO4)nc(Nc3ccc4c(c3)OCCO4)c2s1. The number of ether oxygens (including phenoxy) is 4. The molecule has 2 aromatic heterocycles. The molecule has 0 atom stereocenters. The highest BCUT2D eigenvalue weighted by Gasteiger charge is 2.16. The van der Waals surface area contributed by atoms with Crippen molar-refractivity contribution in [3.8, 4) is 23.0 Å². The van der Waals surface area contributed by atoms with Crippen molar-refractivity contribution in [3.63, 3.8) is 0 Å². The number of nitrogens with one attached hydrogen (secondary N) is 2. The van der Waals surface area contributed by atoms with E-state index in [0.29, 0.717) is 38.1 Å². The normalized spacial score (nSPS) is 14.3. The van der Waals surface area contributed by atoms with Crippen LogP contribution in [0.5, 0.6) is 23.0 Å². The second-order valence-electron chi connectivity index (χ2n) is 7.00. The summed E-state index contributed by atoms with van der Waals surface area (Å²) in [5, 5.41) is 8.67. The lowest BCUT2D eigenvalue weighted by Gasteiger charge is -2.19. The minimum Gasteiger partial charge on any atom is -0.486 e. The fraction of sp³-hybridized carbons (Fsp3) is 0.182. The first kappa shape index (κ1) is 18.1. The van der Waals surface area contributed by atoms with Gasteiger partial charge in [0, 0.05) is 23.5 Å². The molecule has 9 heteroatoms. The lowest BCUT2D eigenvalue weighted by Crippen LogP contribution is -2.15. The molecule has 0 saturated heterocycles. The van der Waals surface area contributed by atoms with Crippen molar-refractivity contribution in [2.24, 2.45) is 0 Å². The number of aromatic nitrogens is 2. The summed E-state index contributed by atoms with van der Waals surface area (Å²) < 4.78 is 23.5. The molecule has 8 nitrogen and oxygen atoms in total. The van der Waals surface area contributed by atoms with E-state index in [2.05, 4.69) is 15.6 Å². The summed E-state index contributed by atoms with van der Waals surface area (Å²) in [6, 6.07) is 13.4. The van der Waals surface area contributed by atoms with Crippen LogP contribution in [0.4, 0.5) is 23.1 Å². The molecule has 6 rings (SSSR count). The van der Waals surface area contributed by atoms with E-state index in [9.17, 15) is 0 Å². The zero-order chi connectivity index (χ0) is 20.6. The van der Waals surface area contributed by atoms with E-state index in [0.717, 1.165) is 44.7 Å². The highest BCUT2D eigenvalue weighted by atomic mass is 32.1. The minimum atomic E-state index is 0.489. The van der Waals surface area contributed by atoms with Crippen molar-refractivity contribution in [2.75, 3.05) is 37.1 Å². The van der Waals surface area contributed by atoms with Gasteiger partial charge in [-0.15, -0.1) is 11.3 Å². The third kappa shape index (κ3) is 3.53. The molecule has 0 radical (unpaired) electrons. The Morgan fingerprint density at radius 1 is 0.677 bits per heavy atom. The van der Waals surface area contributed by atoms with Crippen LogP contribution in [0.2, 0.25) is 0 Å². The summed E-state index contributed by atoms with van der Waals surface area (Å²) >= 11 is 1.59. The monoisotopic (exact) mass is 434 g/mol. The van der Waals surface area contributed by atoms with Crippen molar-refractivity contribution in [3.05, 3.63) is 47.8 Å². The molecule has 0 saturated carbocycles. The summed E-state index contributed by atoms with van der Waals surface area (Å²) in [5.74, 6) is 4.14. The summed E-state index contributed by atoms with van der Waals surface area (Å²) in [4.78, 5) is 9.37. The Kier molecular flexibility index (Phi) is 4.38. The molecule has 0 fully saturated rings. The van der Waals surface area contributed by atoms with E-state index in [1.165, 1.54) is 0 Å². The highest BCUT2D eigenvalue weighted by Crippen LogP contribution is 2.37. The summed E-state index contributed by atoms with van der Waals surface area (Å²) in [5.41, 5.74) is 2.55. The lowest BCUT2D eigenvalue weighted by atomic mass is 10.2. The van der Waals surface area contributed by atoms with Gasteiger partial charge >= 0.3 is 0 Å². The third-order valence-corrected chi connectivity index (χ3v) is 5.82. The van der Waals surface area contributed by atoms with E-state index in [1.54, 1.807) is 11.3 Å². The first-order valence-corrected chi connectivity index (χ1v) is 10.8. The second kappa shape index (κ2) is 7.51. The van der Waals surface area contributed by atoms with E-state index in [1.807, 2.05) is 47.8 Å². The van der Waals surface area contributed by atoms with Crippen molar-refractivity contribution < 1.29 is 18.9 Å². The second-order valence-corrected chi connectivity index (χ2v) is 7.91. The maximum Gasteiger partial charge on any atom is 0.229 e. The standard InChI is InChI=1S/C22H18N4O4S/c1-3-16-18(29-8-6-27-16)11-13(1)23-21-20-15(5-10-31-20)25-22(26-21)24-14-2-4-17-19(12-14)30-9-7-28-17/h1-5,10-12H,6-9H2,(H2,23,24,25,26). The molecule has 0 amide bonds. The van der Waals surface area contributed by atoms with Gasteiger partial charge < -0.3 is 29.6 Å². The fourth-order valence-electron chi connectivity index (χ4n) is 3.51. The van der Waals surface area contributed by atoms with Gasteiger partial charge in [0.15, 0.2) is 28.8 Å². The van der Waals surface area contributed by atoms with Gasteiger partial charge in [-0.2, -0.15) is 4.98 Å². The Morgan fingerprint density at radius 3 is 1.97 bits per heavy atom. The van der Waals surface area contributed by atoms with E-state index >= 15 is 0 Å². The average Bonchev–Trinajstić information content (AvgIpc) is 3.28. The molecule has 4 heterocycles. The topological polar surface area (TPSA) is 86.8 Å². The van der Waals surface area contributed by atoms with Gasteiger partial charge in [0.05, 0.1) is 10.2 Å². The lowest BCUT2D eigenvalue weighted by molar-refractivity contribution is 0.171. The zero-order valence-corrected chi connectivity index (χ0v) is 17.2. The van der Waals surface area contributed by atoms with Gasteiger partial charge in [-0.05, 0) is 35.7 Å². The van der Waals surface area contributed by atoms with Crippen LogP contribution in [0, 0.1) is 0 Å². The Labute approximate surface area is 181 Å². The number of fused-ring (bicyclic) bond motifs is 3. The first-order chi connectivity index (χ1) is 15.3. The van der Waals surface area contributed by atoms with Gasteiger partial charge in [0.25, 0.3) is 0 Å². The Hall–Kier alpha value is -3.72. The number of thiophene rings is 1. The number of hydrogen-bond donors (Lipinski definition) is 2. The Balaban J connectivity index is 1.32. The predicted octanol–water partition coefficient (Wildman–Crippen LogP) is 4.72. The molecular formula is C22H18N4O4S. The number of nitrogens with zero attached hydrogens (tertiary/aromatic N) is 2. The van der Waals surface area contributed by atoms with Gasteiger partial charge in [0.1, 0.15) is 26.4 Å². The van der Waals surface area contributed by atoms with Crippen LogP contribution in [-0.4, -0.2) is 36.4 Å². The zero-order valence-electron chi connectivity index (χ0n) is 16.4. The summed E-state index contributed by atoms with van der Waals surface area (Å²) in [6.45, 7) is 2.21. The van der Waals surface area contributed by atoms with E-state index < -0.39 is 0 Å². The fourth-order valence-corrected chi connectivity index (χ4v) is 4.29. The van der Waals surface area contributed by atoms with Crippen LogP contribution in [0.3, 0.4) is 0 Å². The Morgan fingerprint density at radius 2 is 1.29 bits per heavy atom. The molecule has 0 bridgehead atoms. The number of anilines is 4. The van der Waals surface area contributed by atoms with E-state index in [-0.39, 0.29) is 0 Å². The summed E-state index contributed by atoms with van der Waals surface area (Å²) in [7, 11) is 0. The third-order valence-electron chi connectivity index (χ3n) is 4.91. The molecule has 2 aliphatic rings. The quantitative estimate of drug-likeness (QED) is 0.477. The van der Waals surface area contributed by atoms with Crippen LogP contribution in [-0.2, 0) is 0 Å². The maximum atomic E-state index is 5.69. The predicted molar refractivity (Wildman–Crippen MR) is 119 cm³/mol. The Bertz CT molecular complexity index is 1280. The molecule has 2 aliphatic heterocycles. The van der Waals surface area contributed by atoms with Gasteiger partial charge in [-0.3, -0.25) is 0 Å². The number of benzene rings is 2. The average molecular weight is 434 g/mol. The number of hydrogen-bond acceptors (Lipinski definition) is 9. The maximum absolute atomic E-state index is 5.69. The van der Waals surface area contributed by atoms with Crippen LogP contribution < -0.4 is 29.6 Å². The van der Waals surface area contributed by atoms with Crippen LogP contribution in [0.1, 0.15) is 0 Å². The molecule has 2 N–H and O–H groups in total. The largest absolute Gasteiger partial charge is 0.486 e. The van der Waals surface area contributed by atoms with Crippen molar-refractivity contribution in [1.29, 1.82) is 0 Å². The molecule has 0 spiro atoms. The van der Waals surface area contributed by atoms with Crippen LogP contribution in [0.15, 0.2) is 47.8 Å². The first-order valence-electron chi connectivity index (χ1n) is 9.90. The van der Waals surface area contributed by atoms with Gasteiger partial charge in [0.2, 0.25) is 5.95 Å². The van der Waals surface area contributed by atoms with Crippen molar-refractivity contribution >= 4 is 44.7 Å². The van der Waals surface area contributed by atoms with Crippen molar-refractivity contribution in [1.82, 2.24) is 9.97 Å². The minimum absolute atomic E-state index is 0.489. The molecular weight excluding hydrogens is 416 g/mol. The number of rotatable bonds is 4. The molecule has 156 valence electrons. The van der Waals surface area contributed by atoms with Crippen LogP contribution in [0.25, 0.3) is 10.2 Å².